The number of aromatic nitrogens is 7. The molecule has 0 amide bonds. The lowest BCUT2D eigenvalue weighted by Gasteiger charge is -2.16. The maximum Gasteiger partial charge on any atom is 0.281 e. The van der Waals surface area contributed by atoms with Crippen LogP contribution >= 0.6 is 11.6 Å². The fourth-order valence-electron chi connectivity index (χ4n) is 3.09. The second kappa shape index (κ2) is 7.41. The molecule has 3 N–H and O–H groups in total. The third-order valence-corrected chi connectivity index (χ3v) is 4.77. The average molecular weight is 420 g/mol. The summed E-state index contributed by atoms with van der Waals surface area (Å²) in [6.45, 7) is 0.204. The van der Waals surface area contributed by atoms with Gasteiger partial charge < -0.3 is 10.3 Å². The highest BCUT2D eigenvalue weighted by atomic mass is 35.5. The molecule has 1 aromatic carbocycles. The third kappa shape index (κ3) is 3.18. The predicted octanol–water partition coefficient (Wildman–Crippen LogP) is 2.60. The molecule has 30 heavy (non-hydrogen) atoms. The number of aromatic amines is 1. The molecular formula is C19H14ClN9O. The zero-order valence-electron chi connectivity index (χ0n) is 15.4. The summed E-state index contributed by atoms with van der Waals surface area (Å²) in [5, 5.41) is 3.85. The Morgan fingerprint density at radius 3 is 2.93 bits per heavy atom. The van der Waals surface area contributed by atoms with E-state index < -0.39 is 0 Å². The Morgan fingerprint density at radius 2 is 2.07 bits per heavy atom. The van der Waals surface area contributed by atoms with Crippen molar-refractivity contribution in [3.8, 4) is 0 Å². The number of fused-ring (bicyclic) bond motifs is 2. The van der Waals surface area contributed by atoms with Gasteiger partial charge in [-0.3, -0.25) is 15.2 Å². The predicted molar refractivity (Wildman–Crippen MR) is 113 cm³/mol. The molecule has 0 atom stereocenters. The molecule has 0 unspecified atom stereocenters. The molecule has 0 radical (unpaired) electrons. The maximum atomic E-state index is 13.2. The van der Waals surface area contributed by atoms with E-state index in [-0.39, 0.29) is 12.1 Å². The van der Waals surface area contributed by atoms with Crippen molar-refractivity contribution in [2.45, 2.75) is 6.54 Å². The van der Waals surface area contributed by atoms with Gasteiger partial charge in [-0.2, -0.15) is 0 Å². The van der Waals surface area contributed by atoms with Gasteiger partial charge in [0.05, 0.1) is 40.7 Å². The number of imidazole rings is 1. The van der Waals surface area contributed by atoms with Crippen molar-refractivity contribution in [1.82, 2.24) is 34.6 Å². The van der Waals surface area contributed by atoms with Crippen LogP contribution in [0.15, 0.2) is 60.2 Å². The van der Waals surface area contributed by atoms with Gasteiger partial charge in [-0.25, -0.2) is 24.6 Å². The van der Waals surface area contributed by atoms with Crippen molar-refractivity contribution in [3.63, 3.8) is 0 Å². The molecule has 0 aliphatic carbocycles. The molecule has 0 saturated carbocycles. The maximum absolute atomic E-state index is 13.2. The van der Waals surface area contributed by atoms with Gasteiger partial charge in [0, 0.05) is 6.20 Å². The number of halogens is 1. The van der Waals surface area contributed by atoms with E-state index in [4.69, 9.17) is 11.6 Å². The average Bonchev–Trinajstić information content (AvgIpc) is 3.25. The van der Waals surface area contributed by atoms with Crippen molar-refractivity contribution >= 4 is 45.2 Å². The minimum atomic E-state index is -0.319. The number of rotatable bonds is 5. The van der Waals surface area contributed by atoms with Crippen LogP contribution in [0.3, 0.4) is 0 Å². The van der Waals surface area contributed by atoms with E-state index in [9.17, 15) is 4.79 Å². The first-order valence-electron chi connectivity index (χ1n) is 8.96. The lowest BCUT2D eigenvalue weighted by atomic mass is 10.2. The number of anilines is 2. The molecule has 0 saturated heterocycles. The van der Waals surface area contributed by atoms with E-state index >= 15 is 0 Å². The summed E-state index contributed by atoms with van der Waals surface area (Å²) in [6.07, 6.45) is 6.22. The Hall–Kier alpha value is -4.05. The standard InChI is InChI=1S/C19H14ClN9O/c20-12-4-1-5-13-15(12)19(30)29(28-11-3-2-6-21-7-11)14(27-13)8-22-17-16-18(24-9-23-16)26-10-25-17/h1-7,9-10,28H,8H2,(H2,22,23,24,25,26). The van der Waals surface area contributed by atoms with Gasteiger partial charge in [-0.15, -0.1) is 0 Å². The van der Waals surface area contributed by atoms with Gasteiger partial charge in [0.2, 0.25) is 0 Å². The molecule has 0 aliphatic rings. The van der Waals surface area contributed by atoms with Crippen LogP contribution in [-0.2, 0) is 6.54 Å². The van der Waals surface area contributed by atoms with Gasteiger partial charge in [0.25, 0.3) is 5.56 Å². The molecular weight excluding hydrogens is 406 g/mol. The Morgan fingerprint density at radius 1 is 1.13 bits per heavy atom. The first-order valence-corrected chi connectivity index (χ1v) is 9.33. The van der Waals surface area contributed by atoms with E-state index in [1.54, 1.807) is 49.1 Å². The zero-order chi connectivity index (χ0) is 20.5. The highest BCUT2D eigenvalue weighted by Crippen LogP contribution is 2.20. The smallest absolute Gasteiger partial charge is 0.281 e. The van der Waals surface area contributed by atoms with Crippen molar-refractivity contribution in [3.05, 3.63) is 76.6 Å². The van der Waals surface area contributed by atoms with Crippen LogP contribution in [0.1, 0.15) is 5.82 Å². The molecule has 148 valence electrons. The van der Waals surface area contributed by atoms with E-state index in [2.05, 4.69) is 40.6 Å². The molecule has 10 nitrogen and oxygen atoms in total. The second-order valence-corrected chi connectivity index (χ2v) is 6.74. The molecule has 5 rings (SSSR count). The first-order chi connectivity index (χ1) is 14.7. The molecule has 4 aromatic heterocycles. The molecule has 0 fully saturated rings. The monoisotopic (exact) mass is 419 g/mol. The van der Waals surface area contributed by atoms with Crippen molar-refractivity contribution in [2.24, 2.45) is 0 Å². The third-order valence-electron chi connectivity index (χ3n) is 4.46. The highest BCUT2D eigenvalue weighted by molar-refractivity contribution is 6.35. The van der Waals surface area contributed by atoms with Crippen LogP contribution < -0.4 is 16.3 Å². The summed E-state index contributed by atoms with van der Waals surface area (Å²) in [6, 6.07) is 8.73. The van der Waals surface area contributed by atoms with E-state index in [1.807, 2.05) is 0 Å². The highest BCUT2D eigenvalue weighted by Gasteiger charge is 2.15. The van der Waals surface area contributed by atoms with Crippen LogP contribution in [-0.4, -0.2) is 34.6 Å². The summed E-state index contributed by atoms with van der Waals surface area (Å²) in [4.78, 5) is 37.4. The summed E-state index contributed by atoms with van der Waals surface area (Å²) in [7, 11) is 0. The van der Waals surface area contributed by atoms with E-state index in [0.717, 1.165) is 0 Å². The minimum absolute atomic E-state index is 0.204. The summed E-state index contributed by atoms with van der Waals surface area (Å²) in [5.74, 6) is 0.982. The molecule has 0 spiro atoms. The van der Waals surface area contributed by atoms with Gasteiger partial charge in [0.15, 0.2) is 17.3 Å². The van der Waals surface area contributed by atoms with Gasteiger partial charge >= 0.3 is 0 Å². The summed E-state index contributed by atoms with van der Waals surface area (Å²) in [5.41, 5.74) is 5.07. The van der Waals surface area contributed by atoms with Crippen LogP contribution in [0.4, 0.5) is 11.5 Å². The van der Waals surface area contributed by atoms with Gasteiger partial charge in [-0.05, 0) is 24.3 Å². The number of H-pyrrole nitrogens is 1. The second-order valence-electron chi connectivity index (χ2n) is 6.33. The lowest BCUT2D eigenvalue weighted by molar-refractivity contribution is 0.782. The number of nitrogens with zero attached hydrogens (tertiary/aromatic N) is 6. The number of nitrogens with one attached hydrogen (secondary N) is 3. The van der Waals surface area contributed by atoms with E-state index in [1.165, 1.54) is 11.0 Å². The summed E-state index contributed by atoms with van der Waals surface area (Å²) >= 11 is 6.28. The Labute approximate surface area is 174 Å². The lowest BCUT2D eigenvalue weighted by Crippen LogP contribution is -2.32. The largest absolute Gasteiger partial charge is 0.361 e. The fourth-order valence-corrected chi connectivity index (χ4v) is 3.34. The quantitative estimate of drug-likeness (QED) is 0.397. The molecule has 0 aliphatic heterocycles. The molecule has 11 heteroatoms. The number of benzene rings is 1. The van der Waals surface area contributed by atoms with Crippen LogP contribution in [0.5, 0.6) is 0 Å². The molecule has 4 heterocycles. The normalized spacial score (nSPS) is 11.1. The Bertz CT molecular complexity index is 1410. The molecule has 5 aromatic rings. The van der Waals surface area contributed by atoms with E-state index in [0.29, 0.717) is 44.4 Å². The van der Waals surface area contributed by atoms with Crippen molar-refractivity contribution < 1.29 is 0 Å². The number of hydrogen-bond donors (Lipinski definition) is 3. The Kier molecular flexibility index (Phi) is 4.45. The van der Waals surface area contributed by atoms with Crippen molar-refractivity contribution in [1.29, 1.82) is 0 Å². The SMILES string of the molecule is O=c1c2c(Cl)cccc2nc(CNc2ncnc3nc[nH]c23)n1Nc1cccnc1. The van der Waals surface area contributed by atoms with Gasteiger partial charge in [0.1, 0.15) is 11.8 Å². The van der Waals surface area contributed by atoms with Crippen LogP contribution in [0.2, 0.25) is 5.02 Å². The number of hydrogen-bond acceptors (Lipinski definition) is 8. The topological polar surface area (TPSA) is 126 Å². The number of pyridine rings is 1. The molecule has 0 bridgehead atoms. The van der Waals surface area contributed by atoms with Gasteiger partial charge in [-0.1, -0.05) is 17.7 Å². The van der Waals surface area contributed by atoms with Crippen LogP contribution in [0.25, 0.3) is 22.1 Å². The summed E-state index contributed by atoms with van der Waals surface area (Å²) < 4.78 is 1.35. The Balaban J connectivity index is 1.59. The van der Waals surface area contributed by atoms with Crippen molar-refractivity contribution in [2.75, 3.05) is 10.7 Å². The minimum Gasteiger partial charge on any atom is -0.361 e. The van der Waals surface area contributed by atoms with Crippen LogP contribution in [0, 0.1) is 0 Å². The zero-order valence-corrected chi connectivity index (χ0v) is 16.1. The first kappa shape index (κ1) is 18.0. The fraction of sp³-hybridized carbons (Fsp3) is 0.0526.